The predicted octanol–water partition coefficient (Wildman–Crippen LogP) is 8.39. The zero-order valence-electron chi connectivity index (χ0n) is 35.3. The second-order valence-electron chi connectivity index (χ2n) is 14.5. The first-order valence-electron chi connectivity index (χ1n) is 20.4. The highest BCUT2D eigenvalue weighted by Gasteiger charge is 2.39. The van der Waals surface area contributed by atoms with Crippen molar-refractivity contribution in [3.63, 3.8) is 0 Å². The number of benzene rings is 6. The molecule has 6 aromatic rings. The highest BCUT2D eigenvalue weighted by atomic mass is 16.7. The minimum absolute atomic E-state index is 0.0530. The van der Waals surface area contributed by atoms with Crippen molar-refractivity contribution in [2.24, 2.45) is 0 Å². The van der Waals surface area contributed by atoms with E-state index in [-0.39, 0.29) is 98.5 Å². The van der Waals surface area contributed by atoms with E-state index in [0.717, 1.165) is 22.3 Å². The predicted molar refractivity (Wildman–Crippen MR) is 232 cm³/mol. The lowest BCUT2D eigenvalue weighted by atomic mass is 9.91. The lowest BCUT2D eigenvalue weighted by Crippen LogP contribution is -2.42. The van der Waals surface area contributed by atoms with Crippen molar-refractivity contribution in [3.8, 4) is 45.6 Å². The molecule has 0 aliphatic carbocycles. The molecule has 0 saturated carbocycles. The van der Waals surface area contributed by atoms with Crippen molar-refractivity contribution in [3.05, 3.63) is 167 Å². The molecule has 0 unspecified atom stereocenters. The van der Waals surface area contributed by atoms with E-state index in [0.29, 0.717) is 0 Å². The van der Waals surface area contributed by atoms with Crippen molar-refractivity contribution < 1.29 is 67.2 Å². The van der Waals surface area contributed by atoms with Crippen LogP contribution in [0.15, 0.2) is 133 Å². The summed E-state index contributed by atoms with van der Waals surface area (Å²) in [7, 11) is 2.81. The van der Waals surface area contributed by atoms with E-state index in [2.05, 4.69) is 0 Å². The Balaban J connectivity index is 1.39. The highest BCUT2D eigenvalue weighted by molar-refractivity contribution is 6.08. The van der Waals surface area contributed by atoms with Gasteiger partial charge in [0.2, 0.25) is 11.5 Å². The number of phenols is 2. The molecule has 6 aromatic carbocycles. The van der Waals surface area contributed by atoms with E-state index >= 15 is 0 Å². The molecule has 2 atom stereocenters. The molecule has 0 radical (unpaired) electrons. The van der Waals surface area contributed by atoms with Gasteiger partial charge in [-0.25, -0.2) is 9.59 Å². The molecule has 1 heterocycles. The van der Waals surface area contributed by atoms with Crippen LogP contribution in [0.3, 0.4) is 0 Å². The SMILES string of the molecule is COCOc1cc2c(c(O)c1OCc1ccccc1)-c1c(cc(OCOC)c(OCc3ccccc3)c1O)C(=O)O[C@@H](COCc1ccccc1)[C@H](COCc1ccccc1)OC2=O. The lowest BCUT2D eigenvalue weighted by molar-refractivity contribution is -0.0931. The maximum absolute atomic E-state index is 14.8. The van der Waals surface area contributed by atoms with E-state index in [4.69, 9.17) is 47.4 Å². The van der Waals surface area contributed by atoms with E-state index in [1.165, 1.54) is 26.4 Å². The van der Waals surface area contributed by atoms with Crippen LogP contribution in [0.4, 0.5) is 0 Å². The summed E-state index contributed by atoms with van der Waals surface area (Å²) in [5, 5.41) is 24.8. The lowest BCUT2D eigenvalue weighted by Gasteiger charge is -2.30. The minimum atomic E-state index is -1.27. The second-order valence-corrected chi connectivity index (χ2v) is 14.5. The molecule has 64 heavy (non-hydrogen) atoms. The molecule has 0 fully saturated rings. The number of hydrogen-bond donors (Lipinski definition) is 2. The summed E-state index contributed by atoms with van der Waals surface area (Å²) in [4.78, 5) is 29.7. The minimum Gasteiger partial charge on any atom is -0.504 e. The van der Waals surface area contributed by atoms with Crippen molar-refractivity contribution in [2.75, 3.05) is 41.0 Å². The number of fused-ring (bicyclic) bond motifs is 3. The Kier molecular flexibility index (Phi) is 15.7. The number of methoxy groups -OCH3 is 2. The molecule has 14 heteroatoms. The zero-order valence-corrected chi connectivity index (χ0v) is 35.3. The third kappa shape index (κ3) is 11.3. The molecule has 1 aliphatic heterocycles. The number of phenolic OH excluding ortho intramolecular Hbond substituents is 2. The second kappa shape index (κ2) is 22.3. The summed E-state index contributed by atoms with van der Waals surface area (Å²) in [6.45, 7) is -0.936. The van der Waals surface area contributed by atoms with Crippen LogP contribution in [0.5, 0.6) is 34.5 Å². The summed E-state index contributed by atoms with van der Waals surface area (Å²) in [6.07, 6.45) is -2.53. The quantitative estimate of drug-likeness (QED) is 0.0555. The fourth-order valence-corrected chi connectivity index (χ4v) is 6.85. The molecule has 7 rings (SSSR count). The van der Waals surface area contributed by atoms with Crippen LogP contribution in [-0.2, 0) is 54.8 Å². The van der Waals surface area contributed by atoms with Gasteiger partial charge in [-0.1, -0.05) is 121 Å². The highest BCUT2D eigenvalue weighted by Crippen LogP contribution is 2.54. The van der Waals surface area contributed by atoms with Crippen LogP contribution in [0.2, 0.25) is 0 Å². The summed E-state index contributed by atoms with van der Waals surface area (Å²) in [5.74, 6) is -4.04. The first-order chi connectivity index (χ1) is 31.3. The Morgan fingerprint density at radius 2 is 0.797 bits per heavy atom. The van der Waals surface area contributed by atoms with Gasteiger partial charge in [0, 0.05) is 25.3 Å². The van der Waals surface area contributed by atoms with Crippen molar-refractivity contribution in [2.45, 2.75) is 38.6 Å². The molecule has 0 amide bonds. The number of cyclic esters (lactones) is 2. The average molecular weight is 873 g/mol. The number of carbonyl (C=O) groups excluding carboxylic acids is 2. The molecule has 0 aromatic heterocycles. The summed E-state index contributed by atoms with van der Waals surface area (Å²) < 4.78 is 59.2. The topological polar surface area (TPSA) is 167 Å². The molecule has 14 nitrogen and oxygen atoms in total. The Bertz CT molecular complexity index is 2270. The van der Waals surface area contributed by atoms with E-state index in [1.54, 1.807) is 0 Å². The first-order valence-corrected chi connectivity index (χ1v) is 20.4. The molecule has 0 spiro atoms. The van der Waals surface area contributed by atoms with E-state index < -0.39 is 35.6 Å². The molecule has 332 valence electrons. The third-order valence-electron chi connectivity index (χ3n) is 9.97. The standard InChI is InChI=1S/C50H48O14/c1-55-31-61-39-23-37-43(45(51)47(39)59-27-35-19-11-5-12-20-35)44-38(24-40(62-32-56-2)48(46(44)52)60-28-36-21-13-6-14-22-36)50(54)64-42(30-58-26-34-17-9-4-10-18-34)41(63-49(37)53)29-57-25-33-15-7-3-8-16-33/h3-24,41-42,51-52H,25-32H2,1-2H3/t41-,42-/m0/s1. The van der Waals surface area contributed by atoms with Gasteiger partial charge in [0.1, 0.15) is 13.2 Å². The van der Waals surface area contributed by atoms with Crippen molar-refractivity contribution in [1.82, 2.24) is 0 Å². The van der Waals surface area contributed by atoms with Crippen LogP contribution in [0.25, 0.3) is 11.1 Å². The molecule has 1 aliphatic rings. The normalized spacial score (nSPS) is 14.7. The van der Waals surface area contributed by atoms with Crippen LogP contribution >= 0.6 is 0 Å². The molecular weight excluding hydrogens is 825 g/mol. The fourth-order valence-electron chi connectivity index (χ4n) is 6.85. The number of rotatable bonds is 20. The van der Waals surface area contributed by atoms with Gasteiger partial charge < -0.3 is 57.6 Å². The monoisotopic (exact) mass is 872 g/mol. The summed E-state index contributed by atoms with van der Waals surface area (Å²) in [6, 6.07) is 39.6. The third-order valence-corrected chi connectivity index (χ3v) is 9.97. The molecule has 0 saturated heterocycles. The number of carbonyl (C=O) groups is 2. The van der Waals surface area contributed by atoms with Crippen molar-refractivity contribution >= 4 is 11.9 Å². The largest absolute Gasteiger partial charge is 0.504 e. The molecule has 2 N–H and O–H groups in total. The Hall–Kier alpha value is -7.10. The van der Waals surface area contributed by atoms with Gasteiger partial charge in [-0.2, -0.15) is 0 Å². The van der Waals surface area contributed by atoms with Gasteiger partial charge in [-0.15, -0.1) is 0 Å². The first kappa shape index (κ1) is 44.9. The van der Waals surface area contributed by atoms with Gasteiger partial charge >= 0.3 is 11.9 Å². The van der Waals surface area contributed by atoms with E-state index in [9.17, 15) is 19.8 Å². The molecular formula is C50H48O14. The van der Waals surface area contributed by atoms with Crippen LogP contribution < -0.4 is 18.9 Å². The fraction of sp³-hybridized carbons (Fsp3) is 0.240. The molecule has 0 bridgehead atoms. The summed E-state index contributed by atoms with van der Waals surface area (Å²) >= 11 is 0. The van der Waals surface area contributed by atoms with Gasteiger partial charge in [-0.05, 0) is 34.4 Å². The number of ether oxygens (including phenoxy) is 10. The number of esters is 2. The Labute approximate surface area is 370 Å². The van der Waals surface area contributed by atoms with Gasteiger partial charge in [0.15, 0.2) is 48.8 Å². The smallest absolute Gasteiger partial charge is 0.339 e. The van der Waals surface area contributed by atoms with Crippen LogP contribution in [-0.4, -0.2) is 75.4 Å². The summed E-state index contributed by atoms with van der Waals surface area (Å²) in [5.41, 5.74) is 1.82. The van der Waals surface area contributed by atoms with Gasteiger partial charge in [0.25, 0.3) is 0 Å². The number of hydrogen-bond acceptors (Lipinski definition) is 14. The zero-order chi connectivity index (χ0) is 44.7. The Morgan fingerprint density at radius 1 is 0.469 bits per heavy atom. The van der Waals surface area contributed by atoms with Gasteiger partial charge in [-0.3, -0.25) is 0 Å². The maximum atomic E-state index is 14.8. The van der Waals surface area contributed by atoms with E-state index in [1.807, 2.05) is 121 Å². The van der Waals surface area contributed by atoms with Crippen molar-refractivity contribution in [1.29, 1.82) is 0 Å². The maximum Gasteiger partial charge on any atom is 0.339 e. The average Bonchev–Trinajstić information content (AvgIpc) is 3.32. The number of aromatic hydroxyl groups is 2. The van der Waals surface area contributed by atoms with Gasteiger partial charge in [0.05, 0.1) is 37.6 Å². The van der Waals surface area contributed by atoms with Crippen LogP contribution in [0, 0.1) is 0 Å². The van der Waals surface area contributed by atoms with Crippen LogP contribution in [0.1, 0.15) is 43.0 Å². The Morgan fingerprint density at radius 3 is 1.12 bits per heavy atom.